The molecule has 3 unspecified atom stereocenters. The lowest BCUT2D eigenvalue weighted by Crippen LogP contribution is -2.64. The Labute approximate surface area is 110 Å². The summed E-state index contributed by atoms with van der Waals surface area (Å²) in [4.78, 5) is 26.1. The quantitative estimate of drug-likeness (QED) is 0.813. The zero-order valence-electron chi connectivity index (χ0n) is 12.2. The Balaban J connectivity index is 2.85. The van der Waals surface area contributed by atoms with Crippen LogP contribution in [0.15, 0.2) is 0 Å². The van der Waals surface area contributed by atoms with Crippen LogP contribution in [-0.4, -0.2) is 35.3 Å². The molecule has 0 aromatic carbocycles. The number of hydrogen-bond acceptors (Lipinski definition) is 2. The van der Waals surface area contributed by atoms with Gasteiger partial charge in [-0.25, -0.2) is 0 Å². The number of amides is 2. The molecule has 1 heterocycles. The normalized spacial score (nSPS) is 26.4. The summed E-state index contributed by atoms with van der Waals surface area (Å²) in [6.07, 6.45) is 2.20. The van der Waals surface area contributed by atoms with E-state index in [1.165, 1.54) is 0 Å². The van der Waals surface area contributed by atoms with E-state index in [0.717, 1.165) is 12.8 Å². The van der Waals surface area contributed by atoms with E-state index in [0.29, 0.717) is 12.5 Å². The number of piperazine rings is 1. The highest BCUT2D eigenvalue weighted by atomic mass is 16.2. The van der Waals surface area contributed by atoms with Crippen molar-refractivity contribution in [2.24, 2.45) is 11.8 Å². The summed E-state index contributed by atoms with van der Waals surface area (Å²) >= 11 is 0. The molecule has 4 nitrogen and oxygen atoms in total. The predicted molar refractivity (Wildman–Crippen MR) is 72.0 cm³/mol. The van der Waals surface area contributed by atoms with Gasteiger partial charge in [0, 0.05) is 6.54 Å². The summed E-state index contributed by atoms with van der Waals surface area (Å²) in [5.74, 6) is 0.630. The van der Waals surface area contributed by atoms with Crippen molar-refractivity contribution in [2.45, 2.75) is 59.5 Å². The first-order valence-electron chi connectivity index (χ1n) is 6.99. The summed E-state index contributed by atoms with van der Waals surface area (Å²) in [6.45, 7) is 10.7. The Bertz CT molecular complexity index is 315. The van der Waals surface area contributed by atoms with Crippen LogP contribution in [0.3, 0.4) is 0 Å². The summed E-state index contributed by atoms with van der Waals surface area (Å²) in [7, 11) is 0. The molecule has 3 atom stereocenters. The van der Waals surface area contributed by atoms with E-state index in [1.807, 2.05) is 13.8 Å². The molecule has 0 bridgehead atoms. The van der Waals surface area contributed by atoms with Crippen molar-refractivity contribution in [2.75, 3.05) is 6.54 Å². The van der Waals surface area contributed by atoms with Crippen LogP contribution in [-0.2, 0) is 9.59 Å². The van der Waals surface area contributed by atoms with Crippen molar-refractivity contribution < 1.29 is 9.59 Å². The van der Waals surface area contributed by atoms with Crippen LogP contribution in [0.25, 0.3) is 0 Å². The van der Waals surface area contributed by atoms with E-state index in [1.54, 1.807) is 11.8 Å². The zero-order chi connectivity index (χ0) is 13.9. The molecule has 1 N–H and O–H groups in total. The molecule has 104 valence electrons. The molecule has 0 aromatic rings. The van der Waals surface area contributed by atoms with E-state index < -0.39 is 0 Å². The number of nitrogens with zero attached hydrogens (tertiary/aromatic N) is 1. The standard InChI is InChI=1S/C14H26N2O2/c1-6-7-10(4)8-16-12(9(2)3)13(17)15-11(5)14(16)18/h9-12H,6-8H2,1-5H3,(H,15,17). The topological polar surface area (TPSA) is 49.4 Å². The first-order valence-corrected chi connectivity index (χ1v) is 6.99. The van der Waals surface area contributed by atoms with Gasteiger partial charge in [0.05, 0.1) is 0 Å². The molecule has 0 saturated carbocycles. The zero-order valence-corrected chi connectivity index (χ0v) is 12.2. The summed E-state index contributed by atoms with van der Waals surface area (Å²) in [5.41, 5.74) is 0. The monoisotopic (exact) mass is 254 g/mol. The van der Waals surface area contributed by atoms with Gasteiger partial charge in [0.1, 0.15) is 12.1 Å². The fourth-order valence-corrected chi connectivity index (χ4v) is 2.67. The second-order valence-corrected chi connectivity index (χ2v) is 5.80. The molecule has 1 saturated heterocycles. The van der Waals surface area contributed by atoms with Crippen molar-refractivity contribution in [1.82, 2.24) is 10.2 Å². The van der Waals surface area contributed by atoms with Gasteiger partial charge in [-0.2, -0.15) is 0 Å². The highest BCUT2D eigenvalue weighted by Gasteiger charge is 2.40. The van der Waals surface area contributed by atoms with E-state index in [-0.39, 0.29) is 29.8 Å². The van der Waals surface area contributed by atoms with Gasteiger partial charge in [-0.15, -0.1) is 0 Å². The smallest absolute Gasteiger partial charge is 0.245 e. The molecule has 0 radical (unpaired) electrons. The van der Waals surface area contributed by atoms with Gasteiger partial charge >= 0.3 is 0 Å². The lowest BCUT2D eigenvalue weighted by Gasteiger charge is -2.41. The maximum atomic E-state index is 12.2. The highest BCUT2D eigenvalue weighted by molar-refractivity contribution is 5.96. The molecule has 2 amide bonds. The molecule has 4 heteroatoms. The third-order valence-electron chi connectivity index (χ3n) is 3.54. The predicted octanol–water partition coefficient (Wildman–Crippen LogP) is 1.79. The largest absolute Gasteiger partial charge is 0.343 e. The van der Waals surface area contributed by atoms with E-state index in [9.17, 15) is 9.59 Å². The molecule has 0 spiro atoms. The lowest BCUT2D eigenvalue weighted by molar-refractivity contribution is -0.151. The van der Waals surface area contributed by atoms with Gasteiger partial charge in [-0.3, -0.25) is 9.59 Å². The van der Waals surface area contributed by atoms with Crippen molar-refractivity contribution in [3.63, 3.8) is 0 Å². The Morgan fingerprint density at radius 2 is 1.89 bits per heavy atom. The SMILES string of the molecule is CCCC(C)CN1C(=O)C(C)NC(=O)C1C(C)C. The van der Waals surface area contributed by atoms with Crippen LogP contribution in [0, 0.1) is 11.8 Å². The summed E-state index contributed by atoms with van der Waals surface area (Å²) < 4.78 is 0. The van der Waals surface area contributed by atoms with Crippen LogP contribution >= 0.6 is 0 Å². The fourth-order valence-electron chi connectivity index (χ4n) is 2.67. The maximum Gasteiger partial charge on any atom is 0.245 e. The minimum Gasteiger partial charge on any atom is -0.343 e. The van der Waals surface area contributed by atoms with Crippen molar-refractivity contribution in [1.29, 1.82) is 0 Å². The van der Waals surface area contributed by atoms with Gasteiger partial charge < -0.3 is 10.2 Å². The molecule has 0 aromatic heterocycles. The van der Waals surface area contributed by atoms with Crippen molar-refractivity contribution in [3.05, 3.63) is 0 Å². The summed E-state index contributed by atoms with van der Waals surface area (Å²) in [5, 5.41) is 2.77. The van der Waals surface area contributed by atoms with Crippen LogP contribution in [0.4, 0.5) is 0 Å². The average molecular weight is 254 g/mol. The van der Waals surface area contributed by atoms with Gasteiger partial charge in [0.2, 0.25) is 11.8 Å². The molecule has 1 aliphatic rings. The van der Waals surface area contributed by atoms with Crippen LogP contribution < -0.4 is 5.32 Å². The Kier molecular flexibility index (Phi) is 5.17. The second kappa shape index (κ2) is 6.21. The minimum atomic E-state index is -0.388. The Morgan fingerprint density at radius 3 is 2.39 bits per heavy atom. The summed E-state index contributed by atoms with van der Waals surface area (Å²) in [6, 6.07) is -0.700. The molecular formula is C14H26N2O2. The Morgan fingerprint density at radius 1 is 1.28 bits per heavy atom. The first kappa shape index (κ1) is 15.0. The number of carbonyl (C=O) groups excluding carboxylic acids is 2. The third kappa shape index (κ3) is 3.24. The van der Waals surface area contributed by atoms with Gasteiger partial charge in [-0.05, 0) is 25.2 Å². The average Bonchev–Trinajstić information content (AvgIpc) is 2.25. The second-order valence-electron chi connectivity index (χ2n) is 5.80. The molecule has 1 rings (SSSR count). The van der Waals surface area contributed by atoms with Crippen LogP contribution in [0.1, 0.15) is 47.5 Å². The molecule has 0 aliphatic carbocycles. The highest BCUT2D eigenvalue weighted by Crippen LogP contribution is 2.20. The molecule has 1 aliphatic heterocycles. The molecule has 18 heavy (non-hydrogen) atoms. The third-order valence-corrected chi connectivity index (χ3v) is 3.54. The lowest BCUT2D eigenvalue weighted by atomic mass is 9.95. The van der Waals surface area contributed by atoms with E-state index >= 15 is 0 Å². The number of hydrogen-bond donors (Lipinski definition) is 1. The van der Waals surface area contributed by atoms with E-state index in [4.69, 9.17) is 0 Å². The van der Waals surface area contributed by atoms with Gasteiger partial charge in [-0.1, -0.05) is 34.1 Å². The number of carbonyl (C=O) groups is 2. The molecule has 1 fully saturated rings. The number of nitrogens with one attached hydrogen (secondary N) is 1. The van der Waals surface area contributed by atoms with Gasteiger partial charge in [0.25, 0.3) is 0 Å². The Hall–Kier alpha value is -1.06. The van der Waals surface area contributed by atoms with Gasteiger partial charge in [0.15, 0.2) is 0 Å². The van der Waals surface area contributed by atoms with E-state index in [2.05, 4.69) is 19.2 Å². The van der Waals surface area contributed by atoms with Crippen LogP contribution in [0.5, 0.6) is 0 Å². The molecular weight excluding hydrogens is 228 g/mol. The minimum absolute atomic E-state index is 0.0131. The van der Waals surface area contributed by atoms with Crippen LogP contribution in [0.2, 0.25) is 0 Å². The van der Waals surface area contributed by atoms with Crippen molar-refractivity contribution >= 4 is 11.8 Å². The fraction of sp³-hybridized carbons (Fsp3) is 0.857. The maximum absolute atomic E-state index is 12.2. The number of rotatable bonds is 5. The van der Waals surface area contributed by atoms with Crippen molar-refractivity contribution in [3.8, 4) is 0 Å². The first-order chi connectivity index (χ1) is 8.38.